The highest BCUT2D eigenvalue weighted by molar-refractivity contribution is 7.98. The van der Waals surface area contributed by atoms with Gasteiger partial charge in [0.2, 0.25) is 0 Å². The van der Waals surface area contributed by atoms with E-state index in [2.05, 4.69) is 9.97 Å². The zero-order valence-corrected chi connectivity index (χ0v) is 12.3. The highest BCUT2D eigenvalue weighted by atomic mass is 32.2. The fourth-order valence-electron chi connectivity index (χ4n) is 1.81. The fourth-order valence-corrected chi connectivity index (χ4v) is 2.69. The van der Waals surface area contributed by atoms with Gasteiger partial charge in [-0.1, -0.05) is 36.0 Å². The van der Waals surface area contributed by atoms with Crippen LogP contribution in [0, 0.1) is 6.92 Å². The first-order valence-corrected chi connectivity index (χ1v) is 7.29. The summed E-state index contributed by atoms with van der Waals surface area (Å²) in [5.41, 5.74) is 2.74. The molecule has 0 bridgehead atoms. The molecule has 0 radical (unpaired) electrons. The van der Waals surface area contributed by atoms with Crippen LogP contribution in [0.5, 0.6) is 0 Å². The second kappa shape index (κ2) is 6.52. The third-order valence-corrected chi connectivity index (χ3v) is 3.64. The van der Waals surface area contributed by atoms with Crippen molar-refractivity contribution in [3.05, 3.63) is 57.5 Å². The van der Waals surface area contributed by atoms with Crippen molar-refractivity contribution in [1.29, 1.82) is 0 Å². The summed E-state index contributed by atoms with van der Waals surface area (Å²) >= 11 is 1.49. The molecule has 0 saturated carbocycles. The van der Waals surface area contributed by atoms with E-state index in [0.29, 0.717) is 17.3 Å². The van der Waals surface area contributed by atoms with Crippen LogP contribution in [-0.2, 0) is 17.0 Å². The van der Waals surface area contributed by atoms with Crippen molar-refractivity contribution in [2.75, 3.05) is 0 Å². The Hall–Kier alpha value is -1.88. The van der Waals surface area contributed by atoms with Gasteiger partial charge in [-0.05, 0) is 25.0 Å². The molecule has 0 aliphatic rings. The van der Waals surface area contributed by atoms with Gasteiger partial charge in [-0.3, -0.25) is 9.59 Å². The Bertz CT molecular complexity index is 662. The molecule has 1 aromatic heterocycles. The maximum absolute atomic E-state index is 11.3. The van der Waals surface area contributed by atoms with Crippen molar-refractivity contribution < 1.29 is 4.79 Å². The number of rotatable bonds is 5. The Labute approximate surface area is 121 Å². The Balaban J connectivity index is 2.00. The van der Waals surface area contributed by atoms with Crippen molar-refractivity contribution in [2.24, 2.45) is 0 Å². The van der Waals surface area contributed by atoms with E-state index in [-0.39, 0.29) is 11.3 Å². The predicted octanol–water partition coefficient (Wildman–Crippen LogP) is 2.50. The summed E-state index contributed by atoms with van der Waals surface area (Å²) in [5.74, 6) is 0.890. The number of H-pyrrole nitrogens is 1. The van der Waals surface area contributed by atoms with E-state index in [1.165, 1.54) is 17.8 Å². The molecule has 0 aliphatic heterocycles. The molecule has 0 fully saturated rings. The molecule has 0 aliphatic carbocycles. The monoisotopic (exact) mass is 288 g/mol. The van der Waals surface area contributed by atoms with Crippen LogP contribution in [-0.4, -0.2) is 15.8 Å². The van der Waals surface area contributed by atoms with Gasteiger partial charge in [-0.2, -0.15) is 0 Å². The molecule has 0 saturated heterocycles. The third kappa shape index (κ3) is 4.35. The maximum Gasteiger partial charge on any atom is 0.251 e. The molecule has 104 valence electrons. The lowest BCUT2D eigenvalue weighted by molar-refractivity contribution is -0.116. The molecule has 2 rings (SSSR count). The zero-order chi connectivity index (χ0) is 14.5. The average Bonchev–Trinajstić information content (AvgIpc) is 2.36. The van der Waals surface area contributed by atoms with Crippen LogP contribution in [0.15, 0.2) is 40.3 Å². The first-order valence-electron chi connectivity index (χ1n) is 6.31. The van der Waals surface area contributed by atoms with Gasteiger partial charge in [-0.25, -0.2) is 4.98 Å². The van der Waals surface area contributed by atoms with E-state index < -0.39 is 0 Å². The Kier molecular flexibility index (Phi) is 4.74. The highest BCUT2D eigenvalue weighted by Crippen LogP contribution is 2.18. The number of nitrogens with one attached hydrogen (secondary N) is 1. The quantitative estimate of drug-likeness (QED) is 0.678. The summed E-state index contributed by atoms with van der Waals surface area (Å²) in [6, 6.07) is 9.40. The SMILES string of the molecule is CC(=O)Cc1ccc(CSc2nc(C)cc(=O)[nH]2)cc1. The minimum Gasteiger partial charge on any atom is -0.301 e. The lowest BCUT2D eigenvalue weighted by Crippen LogP contribution is -2.08. The largest absolute Gasteiger partial charge is 0.301 e. The van der Waals surface area contributed by atoms with Crippen LogP contribution in [0.2, 0.25) is 0 Å². The second-order valence-electron chi connectivity index (χ2n) is 4.68. The molecular formula is C15H16N2O2S. The van der Waals surface area contributed by atoms with E-state index in [9.17, 15) is 9.59 Å². The molecule has 4 nitrogen and oxygen atoms in total. The number of aromatic nitrogens is 2. The first-order chi connectivity index (χ1) is 9.52. The van der Waals surface area contributed by atoms with Gasteiger partial charge in [0.25, 0.3) is 5.56 Å². The third-order valence-electron chi connectivity index (χ3n) is 2.70. The topological polar surface area (TPSA) is 62.8 Å². The number of Topliss-reactive ketones (excluding diaryl/α,β-unsaturated/α-hetero) is 1. The molecule has 0 amide bonds. The van der Waals surface area contributed by atoms with Crippen molar-refractivity contribution in [1.82, 2.24) is 9.97 Å². The number of hydrogen-bond donors (Lipinski definition) is 1. The first kappa shape index (κ1) is 14.5. The van der Waals surface area contributed by atoms with Crippen LogP contribution in [0.1, 0.15) is 23.7 Å². The minimum atomic E-state index is -0.128. The van der Waals surface area contributed by atoms with Crippen molar-refractivity contribution in [3.8, 4) is 0 Å². The Morgan fingerprint density at radius 3 is 2.50 bits per heavy atom. The molecule has 1 N–H and O–H groups in total. The summed E-state index contributed by atoms with van der Waals surface area (Å²) in [6.45, 7) is 3.39. The zero-order valence-electron chi connectivity index (χ0n) is 11.5. The van der Waals surface area contributed by atoms with Crippen LogP contribution < -0.4 is 5.56 Å². The molecule has 0 unspecified atom stereocenters. The number of carbonyl (C=O) groups excluding carboxylic acids is 1. The molecule has 1 heterocycles. The molecule has 20 heavy (non-hydrogen) atoms. The van der Waals surface area contributed by atoms with Crippen molar-refractivity contribution >= 4 is 17.5 Å². The summed E-state index contributed by atoms with van der Waals surface area (Å²) in [6.07, 6.45) is 0.472. The molecule has 0 atom stereocenters. The average molecular weight is 288 g/mol. The summed E-state index contributed by atoms with van der Waals surface area (Å²) in [4.78, 5) is 29.3. The fraction of sp³-hybridized carbons (Fsp3) is 0.267. The van der Waals surface area contributed by atoms with Crippen LogP contribution in [0.4, 0.5) is 0 Å². The maximum atomic E-state index is 11.3. The van der Waals surface area contributed by atoms with Gasteiger partial charge in [0.05, 0.1) is 0 Å². The number of nitrogens with zero attached hydrogens (tertiary/aromatic N) is 1. The lowest BCUT2D eigenvalue weighted by Gasteiger charge is -2.03. The van der Waals surface area contributed by atoms with Gasteiger partial charge >= 0.3 is 0 Å². The molecule has 2 aromatic rings. The second-order valence-corrected chi connectivity index (χ2v) is 5.64. The number of aromatic amines is 1. The predicted molar refractivity (Wildman–Crippen MR) is 80.0 cm³/mol. The number of carbonyl (C=O) groups is 1. The van der Waals surface area contributed by atoms with Crippen molar-refractivity contribution in [3.63, 3.8) is 0 Å². The van der Waals surface area contributed by atoms with Gasteiger partial charge in [-0.15, -0.1) is 0 Å². The Morgan fingerprint density at radius 2 is 1.90 bits per heavy atom. The van der Waals surface area contributed by atoms with E-state index >= 15 is 0 Å². The van der Waals surface area contributed by atoms with Crippen LogP contribution in [0.3, 0.4) is 0 Å². The number of benzene rings is 1. The normalized spacial score (nSPS) is 10.5. The van der Waals surface area contributed by atoms with Gasteiger partial charge in [0.15, 0.2) is 5.16 Å². The number of ketones is 1. The molecule has 5 heteroatoms. The number of thioether (sulfide) groups is 1. The van der Waals surface area contributed by atoms with E-state index in [1.54, 1.807) is 13.8 Å². The molecule has 1 aromatic carbocycles. The Morgan fingerprint density at radius 1 is 1.25 bits per heavy atom. The number of hydrogen-bond acceptors (Lipinski definition) is 4. The van der Waals surface area contributed by atoms with Gasteiger partial charge < -0.3 is 4.98 Å². The van der Waals surface area contributed by atoms with Crippen LogP contribution in [0.25, 0.3) is 0 Å². The van der Waals surface area contributed by atoms with E-state index in [0.717, 1.165) is 16.9 Å². The molecule has 0 spiro atoms. The van der Waals surface area contributed by atoms with E-state index in [1.807, 2.05) is 24.3 Å². The standard InChI is InChI=1S/C15H16N2O2S/c1-10-7-14(19)17-15(16-10)20-9-13-5-3-12(4-6-13)8-11(2)18/h3-7H,8-9H2,1-2H3,(H,16,17,19). The van der Waals surface area contributed by atoms with Crippen molar-refractivity contribution in [2.45, 2.75) is 31.2 Å². The number of aryl methyl sites for hydroxylation is 1. The van der Waals surface area contributed by atoms with Gasteiger partial charge in [0, 0.05) is 23.9 Å². The summed E-state index contributed by atoms with van der Waals surface area (Å²) in [5, 5.41) is 0.628. The van der Waals surface area contributed by atoms with Crippen LogP contribution >= 0.6 is 11.8 Å². The smallest absolute Gasteiger partial charge is 0.251 e. The van der Waals surface area contributed by atoms with E-state index in [4.69, 9.17) is 0 Å². The van der Waals surface area contributed by atoms with Gasteiger partial charge in [0.1, 0.15) is 5.78 Å². The molecular weight excluding hydrogens is 272 g/mol. The highest BCUT2D eigenvalue weighted by Gasteiger charge is 2.02. The summed E-state index contributed by atoms with van der Waals surface area (Å²) < 4.78 is 0. The lowest BCUT2D eigenvalue weighted by atomic mass is 10.1. The minimum absolute atomic E-state index is 0.128. The summed E-state index contributed by atoms with van der Waals surface area (Å²) in [7, 11) is 0.